The fraction of sp³-hybridized carbons (Fsp3) is 0.250. The molecule has 100 valence electrons. The van der Waals surface area contributed by atoms with Crippen molar-refractivity contribution in [3.05, 3.63) is 46.1 Å². The van der Waals surface area contributed by atoms with Gasteiger partial charge < -0.3 is 0 Å². The molecule has 1 heterocycles. The van der Waals surface area contributed by atoms with Crippen molar-refractivity contribution in [2.24, 2.45) is 0 Å². The predicted octanol–water partition coefficient (Wildman–Crippen LogP) is 1.71. The minimum Gasteiger partial charge on any atom is -0.293 e. The average molecular weight is 281 g/mol. The molecule has 0 radical (unpaired) electrons. The van der Waals surface area contributed by atoms with Crippen LogP contribution in [0.25, 0.3) is 0 Å². The third-order valence-electron chi connectivity index (χ3n) is 2.52. The third kappa shape index (κ3) is 3.11. The van der Waals surface area contributed by atoms with Crippen LogP contribution in [-0.2, 0) is 6.54 Å². The van der Waals surface area contributed by atoms with Crippen molar-refractivity contribution in [2.45, 2.75) is 18.6 Å². The Hall–Kier alpha value is -1.89. The first-order valence-electron chi connectivity index (χ1n) is 5.68. The van der Waals surface area contributed by atoms with Gasteiger partial charge in [0.2, 0.25) is 0 Å². The van der Waals surface area contributed by atoms with Gasteiger partial charge in [0.15, 0.2) is 10.9 Å². The highest BCUT2D eigenvalue weighted by molar-refractivity contribution is 7.99. The van der Waals surface area contributed by atoms with Crippen molar-refractivity contribution in [1.29, 1.82) is 0 Å². The lowest BCUT2D eigenvalue weighted by molar-refractivity contribution is 0.102. The first-order chi connectivity index (χ1) is 9.11. The second-order valence-corrected chi connectivity index (χ2v) is 4.72. The Bertz CT molecular complexity index is 650. The summed E-state index contributed by atoms with van der Waals surface area (Å²) in [5, 5.41) is 6.61. The lowest BCUT2D eigenvalue weighted by Crippen LogP contribution is -2.16. The van der Waals surface area contributed by atoms with Gasteiger partial charge in [-0.05, 0) is 19.1 Å². The molecular weight excluding hydrogens is 269 g/mol. The number of halogens is 1. The monoisotopic (exact) mass is 281 g/mol. The van der Waals surface area contributed by atoms with Crippen molar-refractivity contribution >= 4 is 17.5 Å². The maximum atomic E-state index is 13.0. The predicted molar refractivity (Wildman–Crippen MR) is 70.0 cm³/mol. The molecule has 0 aliphatic rings. The Balaban J connectivity index is 2.06. The van der Waals surface area contributed by atoms with E-state index in [-0.39, 0.29) is 17.2 Å². The van der Waals surface area contributed by atoms with Crippen LogP contribution in [-0.4, -0.2) is 26.3 Å². The van der Waals surface area contributed by atoms with E-state index in [1.165, 1.54) is 22.8 Å². The van der Waals surface area contributed by atoms with E-state index >= 15 is 0 Å². The SMILES string of the molecule is CCn1c(SCC(=O)c2cccc(F)c2)n[nH]c1=O. The molecule has 1 aromatic heterocycles. The van der Waals surface area contributed by atoms with Crippen molar-refractivity contribution in [1.82, 2.24) is 14.8 Å². The zero-order valence-electron chi connectivity index (χ0n) is 10.2. The smallest absolute Gasteiger partial charge is 0.293 e. The quantitative estimate of drug-likeness (QED) is 0.669. The summed E-state index contributed by atoms with van der Waals surface area (Å²) in [4.78, 5) is 23.2. The number of benzene rings is 1. The van der Waals surface area contributed by atoms with Gasteiger partial charge in [0, 0.05) is 12.1 Å². The third-order valence-corrected chi connectivity index (χ3v) is 3.49. The van der Waals surface area contributed by atoms with Gasteiger partial charge >= 0.3 is 5.69 Å². The summed E-state index contributed by atoms with van der Waals surface area (Å²) in [7, 11) is 0. The molecule has 1 aromatic carbocycles. The summed E-state index contributed by atoms with van der Waals surface area (Å²) in [5.74, 6) is -0.544. The van der Waals surface area contributed by atoms with Gasteiger partial charge in [0.05, 0.1) is 5.75 Å². The minimum absolute atomic E-state index is 0.105. The molecule has 0 atom stereocenters. The van der Waals surface area contributed by atoms with E-state index in [2.05, 4.69) is 10.2 Å². The summed E-state index contributed by atoms with van der Waals surface area (Å²) in [5.41, 5.74) is 0.0108. The molecule has 0 aliphatic heterocycles. The number of Topliss-reactive ketones (excluding diaryl/α,β-unsaturated/α-hetero) is 1. The van der Waals surface area contributed by atoms with Crippen LogP contribution >= 0.6 is 11.8 Å². The van der Waals surface area contributed by atoms with Crippen molar-refractivity contribution in [3.63, 3.8) is 0 Å². The normalized spacial score (nSPS) is 10.6. The number of carbonyl (C=O) groups excluding carboxylic acids is 1. The topological polar surface area (TPSA) is 67.8 Å². The van der Waals surface area contributed by atoms with Crippen LogP contribution in [0.4, 0.5) is 4.39 Å². The molecule has 0 unspecified atom stereocenters. The summed E-state index contributed by atoms with van der Waals surface area (Å²) in [6.45, 7) is 2.29. The number of nitrogens with zero attached hydrogens (tertiary/aromatic N) is 2. The summed E-state index contributed by atoms with van der Waals surface area (Å²) >= 11 is 1.15. The zero-order chi connectivity index (χ0) is 13.8. The molecule has 19 heavy (non-hydrogen) atoms. The Morgan fingerprint density at radius 3 is 3.00 bits per heavy atom. The minimum atomic E-state index is -0.443. The van der Waals surface area contributed by atoms with E-state index in [4.69, 9.17) is 0 Å². The molecule has 0 aliphatic carbocycles. The number of hydrogen-bond acceptors (Lipinski definition) is 4. The lowest BCUT2D eigenvalue weighted by atomic mass is 10.1. The molecule has 0 amide bonds. The summed E-state index contributed by atoms with van der Waals surface area (Å²) in [6.07, 6.45) is 0. The van der Waals surface area contributed by atoms with Crippen LogP contribution in [0, 0.1) is 5.82 Å². The fourth-order valence-corrected chi connectivity index (χ4v) is 2.47. The number of carbonyl (C=O) groups is 1. The van der Waals surface area contributed by atoms with E-state index in [0.717, 1.165) is 11.8 Å². The molecule has 1 N–H and O–H groups in total. The average Bonchev–Trinajstić information content (AvgIpc) is 2.76. The van der Waals surface area contributed by atoms with Gasteiger partial charge in [0.25, 0.3) is 0 Å². The molecule has 0 saturated heterocycles. The maximum absolute atomic E-state index is 13.0. The molecule has 5 nitrogen and oxygen atoms in total. The second kappa shape index (κ2) is 5.83. The van der Waals surface area contributed by atoms with Gasteiger partial charge in [-0.3, -0.25) is 9.36 Å². The Morgan fingerprint density at radius 1 is 1.53 bits per heavy atom. The second-order valence-electron chi connectivity index (χ2n) is 3.78. The van der Waals surface area contributed by atoms with Gasteiger partial charge in [-0.15, -0.1) is 5.10 Å². The summed E-state index contributed by atoms with van der Waals surface area (Å²) < 4.78 is 14.4. The number of H-pyrrole nitrogens is 1. The van der Waals surface area contributed by atoms with E-state index in [9.17, 15) is 14.0 Å². The number of aromatic nitrogens is 3. The highest BCUT2D eigenvalue weighted by Crippen LogP contribution is 2.15. The van der Waals surface area contributed by atoms with E-state index in [1.807, 2.05) is 6.92 Å². The first-order valence-corrected chi connectivity index (χ1v) is 6.67. The van der Waals surface area contributed by atoms with Crippen molar-refractivity contribution < 1.29 is 9.18 Å². The maximum Gasteiger partial charge on any atom is 0.343 e. The molecule has 2 rings (SSSR count). The Kier molecular flexibility index (Phi) is 4.16. The molecular formula is C12H12FN3O2S. The Morgan fingerprint density at radius 2 is 2.32 bits per heavy atom. The Labute approximate surface area is 112 Å². The van der Waals surface area contributed by atoms with Gasteiger partial charge in [-0.25, -0.2) is 14.3 Å². The standard InChI is InChI=1S/C12H12FN3O2S/c1-2-16-11(18)14-15-12(16)19-7-10(17)8-4-3-5-9(13)6-8/h3-6H,2,7H2,1H3,(H,14,18). The number of ketones is 1. The molecule has 0 spiro atoms. The lowest BCUT2D eigenvalue weighted by Gasteiger charge is -2.02. The molecule has 2 aromatic rings. The number of thioether (sulfide) groups is 1. The zero-order valence-corrected chi connectivity index (χ0v) is 11.0. The van der Waals surface area contributed by atoms with Gasteiger partial charge in [0.1, 0.15) is 5.82 Å². The van der Waals surface area contributed by atoms with Crippen molar-refractivity contribution in [3.8, 4) is 0 Å². The number of nitrogens with one attached hydrogen (secondary N) is 1. The van der Waals surface area contributed by atoms with Crippen LogP contribution in [0.1, 0.15) is 17.3 Å². The number of aromatic amines is 1. The van der Waals surface area contributed by atoms with Gasteiger partial charge in [-0.1, -0.05) is 23.9 Å². The molecule has 7 heteroatoms. The number of hydrogen-bond donors (Lipinski definition) is 1. The molecule has 0 bridgehead atoms. The largest absolute Gasteiger partial charge is 0.343 e. The van der Waals surface area contributed by atoms with Crippen LogP contribution in [0.3, 0.4) is 0 Å². The highest BCUT2D eigenvalue weighted by atomic mass is 32.2. The highest BCUT2D eigenvalue weighted by Gasteiger charge is 2.12. The van der Waals surface area contributed by atoms with E-state index < -0.39 is 5.82 Å². The van der Waals surface area contributed by atoms with E-state index in [0.29, 0.717) is 17.3 Å². The van der Waals surface area contributed by atoms with Crippen LogP contribution in [0.5, 0.6) is 0 Å². The van der Waals surface area contributed by atoms with Crippen LogP contribution in [0.15, 0.2) is 34.2 Å². The molecule has 0 fully saturated rings. The first kappa shape index (κ1) is 13.5. The van der Waals surface area contributed by atoms with Gasteiger partial charge in [-0.2, -0.15) is 0 Å². The van der Waals surface area contributed by atoms with E-state index in [1.54, 1.807) is 6.07 Å². The van der Waals surface area contributed by atoms with Crippen LogP contribution < -0.4 is 5.69 Å². The van der Waals surface area contributed by atoms with Crippen molar-refractivity contribution in [2.75, 3.05) is 5.75 Å². The van der Waals surface area contributed by atoms with Crippen LogP contribution in [0.2, 0.25) is 0 Å². The number of rotatable bonds is 5. The fourth-order valence-electron chi connectivity index (χ4n) is 1.57. The molecule has 0 saturated carbocycles. The summed E-state index contributed by atoms with van der Waals surface area (Å²) in [6, 6.07) is 5.53.